The van der Waals surface area contributed by atoms with Gasteiger partial charge in [-0.3, -0.25) is 4.90 Å². The quantitative estimate of drug-likeness (QED) is 0.606. The maximum atomic E-state index is 9.44. The van der Waals surface area contributed by atoms with Crippen LogP contribution in [0.3, 0.4) is 0 Å². The molecule has 0 aromatic heterocycles. The minimum Gasteiger partial charge on any atom is -0.393 e. The van der Waals surface area contributed by atoms with Crippen LogP contribution >= 0.6 is 0 Å². The van der Waals surface area contributed by atoms with Crippen molar-refractivity contribution in [3.63, 3.8) is 0 Å². The molecule has 0 aromatic rings. The van der Waals surface area contributed by atoms with E-state index < -0.39 is 0 Å². The largest absolute Gasteiger partial charge is 0.393 e. The van der Waals surface area contributed by atoms with E-state index in [2.05, 4.69) is 4.90 Å². The van der Waals surface area contributed by atoms with E-state index in [0.717, 1.165) is 39.3 Å². The number of nitrogens with zero attached hydrogens (tertiary/aromatic N) is 1. The van der Waals surface area contributed by atoms with Crippen molar-refractivity contribution in [1.29, 1.82) is 0 Å². The zero-order valence-corrected chi connectivity index (χ0v) is 8.11. The lowest BCUT2D eigenvalue weighted by atomic mass is 10.2. The number of aliphatic hydroxyl groups is 1. The van der Waals surface area contributed by atoms with Crippen LogP contribution in [-0.4, -0.2) is 55.5 Å². The van der Waals surface area contributed by atoms with Crippen LogP contribution in [0.2, 0.25) is 0 Å². The second kappa shape index (κ2) is 6.32. The number of hydrogen-bond acceptors (Lipinski definition) is 4. The first-order chi connectivity index (χ1) is 6.33. The van der Waals surface area contributed by atoms with Gasteiger partial charge in [0.15, 0.2) is 0 Å². The van der Waals surface area contributed by atoms with Crippen molar-refractivity contribution >= 4 is 0 Å². The lowest BCUT2D eigenvalue weighted by molar-refractivity contribution is 0.0297. The van der Waals surface area contributed by atoms with Crippen LogP contribution in [0.5, 0.6) is 0 Å². The number of aliphatic hydroxyl groups excluding tert-OH is 1. The Kier molecular flexibility index (Phi) is 5.31. The summed E-state index contributed by atoms with van der Waals surface area (Å²) in [4.78, 5) is 2.32. The molecule has 0 bridgehead atoms. The monoisotopic (exact) mass is 188 g/mol. The molecular weight excluding hydrogens is 168 g/mol. The van der Waals surface area contributed by atoms with Gasteiger partial charge in [0.05, 0.1) is 19.3 Å². The van der Waals surface area contributed by atoms with Crippen molar-refractivity contribution in [3.05, 3.63) is 0 Å². The molecule has 0 aliphatic carbocycles. The van der Waals surface area contributed by atoms with Gasteiger partial charge < -0.3 is 15.6 Å². The Hall–Kier alpha value is -0.160. The molecule has 0 spiro atoms. The molecule has 1 heterocycles. The third-order valence-electron chi connectivity index (χ3n) is 2.38. The molecule has 4 nitrogen and oxygen atoms in total. The summed E-state index contributed by atoms with van der Waals surface area (Å²) < 4.78 is 5.23. The van der Waals surface area contributed by atoms with Crippen LogP contribution in [0.25, 0.3) is 0 Å². The molecule has 4 heteroatoms. The van der Waals surface area contributed by atoms with Gasteiger partial charge in [-0.25, -0.2) is 0 Å². The van der Waals surface area contributed by atoms with Crippen LogP contribution in [-0.2, 0) is 4.74 Å². The molecule has 3 N–H and O–H groups in total. The van der Waals surface area contributed by atoms with E-state index in [1.807, 2.05) is 0 Å². The molecule has 1 atom stereocenters. The van der Waals surface area contributed by atoms with Crippen LogP contribution in [0.15, 0.2) is 0 Å². The summed E-state index contributed by atoms with van der Waals surface area (Å²) >= 11 is 0. The predicted molar refractivity (Wildman–Crippen MR) is 51.6 cm³/mol. The van der Waals surface area contributed by atoms with Crippen molar-refractivity contribution < 1.29 is 9.84 Å². The average Bonchev–Trinajstić information content (AvgIpc) is 2.17. The molecule has 0 aromatic carbocycles. The fourth-order valence-electron chi connectivity index (χ4n) is 1.49. The smallest absolute Gasteiger partial charge is 0.0594 e. The minimum absolute atomic E-state index is 0.229. The van der Waals surface area contributed by atoms with Crippen molar-refractivity contribution in [2.24, 2.45) is 5.73 Å². The summed E-state index contributed by atoms with van der Waals surface area (Å²) in [5.74, 6) is 0. The first-order valence-electron chi connectivity index (χ1n) is 5.01. The zero-order chi connectivity index (χ0) is 9.52. The molecule has 1 fully saturated rings. The van der Waals surface area contributed by atoms with E-state index in [9.17, 15) is 5.11 Å². The molecule has 0 unspecified atom stereocenters. The van der Waals surface area contributed by atoms with Crippen molar-refractivity contribution in [3.8, 4) is 0 Å². The molecule has 0 saturated carbocycles. The lowest BCUT2D eigenvalue weighted by Crippen LogP contribution is -2.38. The van der Waals surface area contributed by atoms with Gasteiger partial charge >= 0.3 is 0 Å². The SMILES string of the molecule is NCC[C@@H](O)CCN1CCOCC1. The molecule has 1 rings (SSSR count). The molecule has 0 amide bonds. The molecule has 0 radical (unpaired) electrons. The van der Waals surface area contributed by atoms with Crippen molar-refractivity contribution in [1.82, 2.24) is 4.90 Å². The standard InChI is InChI=1S/C9H20N2O2/c10-3-1-9(12)2-4-11-5-7-13-8-6-11/h9,12H,1-8,10H2/t9-/m1/s1. The highest BCUT2D eigenvalue weighted by atomic mass is 16.5. The second-order valence-corrected chi connectivity index (χ2v) is 3.47. The van der Waals surface area contributed by atoms with Gasteiger partial charge in [0.1, 0.15) is 0 Å². The number of rotatable bonds is 5. The minimum atomic E-state index is -0.229. The highest BCUT2D eigenvalue weighted by molar-refractivity contribution is 4.65. The first kappa shape index (κ1) is 10.9. The van der Waals surface area contributed by atoms with Gasteiger partial charge in [-0.1, -0.05) is 0 Å². The Balaban J connectivity index is 2.03. The van der Waals surface area contributed by atoms with Gasteiger partial charge in [-0.2, -0.15) is 0 Å². The first-order valence-corrected chi connectivity index (χ1v) is 5.01. The van der Waals surface area contributed by atoms with E-state index in [-0.39, 0.29) is 6.10 Å². The fourth-order valence-corrected chi connectivity index (χ4v) is 1.49. The third-order valence-corrected chi connectivity index (χ3v) is 2.38. The highest BCUT2D eigenvalue weighted by Gasteiger charge is 2.11. The Bertz CT molecular complexity index is 127. The number of ether oxygens (including phenoxy) is 1. The van der Waals surface area contributed by atoms with E-state index in [1.165, 1.54) is 0 Å². The van der Waals surface area contributed by atoms with Crippen LogP contribution in [0.4, 0.5) is 0 Å². The summed E-state index contributed by atoms with van der Waals surface area (Å²) in [6, 6.07) is 0. The third kappa shape index (κ3) is 4.57. The van der Waals surface area contributed by atoms with E-state index >= 15 is 0 Å². The molecule has 1 aliphatic heterocycles. The Morgan fingerprint density at radius 2 is 2.00 bits per heavy atom. The number of nitrogens with two attached hydrogens (primary N) is 1. The molecule has 1 aliphatic rings. The Morgan fingerprint density at radius 1 is 1.31 bits per heavy atom. The van der Waals surface area contributed by atoms with Gasteiger partial charge in [0.2, 0.25) is 0 Å². The second-order valence-electron chi connectivity index (χ2n) is 3.47. The van der Waals surface area contributed by atoms with Gasteiger partial charge in [-0.05, 0) is 19.4 Å². The topological polar surface area (TPSA) is 58.7 Å². The zero-order valence-electron chi connectivity index (χ0n) is 8.11. The summed E-state index contributed by atoms with van der Waals surface area (Å²) in [6.45, 7) is 5.18. The van der Waals surface area contributed by atoms with Crippen molar-refractivity contribution in [2.75, 3.05) is 39.4 Å². The van der Waals surface area contributed by atoms with Gasteiger partial charge in [-0.15, -0.1) is 0 Å². The fraction of sp³-hybridized carbons (Fsp3) is 1.00. The maximum Gasteiger partial charge on any atom is 0.0594 e. The number of morpholine rings is 1. The predicted octanol–water partition coefficient (Wildman–Crippen LogP) is -0.582. The number of hydrogen-bond donors (Lipinski definition) is 2. The molecular formula is C9H20N2O2. The van der Waals surface area contributed by atoms with Crippen LogP contribution < -0.4 is 5.73 Å². The van der Waals surface area contributed by atoms with Crippen LogP contribution in [0.1, 0.15) is 12.8 Å². The summed E-state index contributed by atoms with van der Waals surface area (Å²) in [5, 5.41) is 9.44. The summed E-state index contributed by atoms with van der Waals surface area (Å²) in [5.41, 5.74) is 5.34. The Morgan fingerprint density at radius 3 is 2.62 bits per heavy atom. The van der Waals surface area contributed by atoms with E-state index in [1.54, 1.807) is 0 Å². The molecule has 78 valence electrons. The average molecular weight is 188 g/mol. The van der Waals surface area contributed by atoms with Crippen molar-refractivity contribution in [2.45, 2.75) is 18.9 Å². The van der Waals surface area contributed by atoms with Gasteiger partial charge in [0, 0.05) is 19.6 Å². The lowest BCUT2D eigenvalue weighted by Gasteiger charge is -2.27. The maximum absolute atomic E-state index is 9.44. The molecule has 13 heavy (non-hydrogen) atoms. The van der Waals surface area contributed by atoms with Crippen LogP contribution in [0, 0.1) is 0 Å². The van der Waals surface area contributed by atoms with E-state index in [4.69, 9.17) is 10.5 Å². The normalized spacial score (nSPS) is 21.7. The molecule has 1 saturated heterocycles. The Labute approximate surface area is 79.7 Å². The summed E-state index contributed by atoms with van der Waals surface area (Å²) in [7, 11) is 0. The highest BCUT2D eigenvalue weighted by Crippen LogP contribution is 2.02. The van der Waals surface area contributed by atoms with Gasteiger partial charge in [0.25, 0.3) is 0 Å². The summed E-state index contributed by atoms with van der Waals surface area (Å²) in [6.07, 6.45) is 1.31. The van der Waals surface area contributed by atoms with E-state index in [0.29, 0.717) is 13.0 Å².